The van der Waals surface area contributed by atoms with Gasteiger partial charge in [0.25, 0.3) is 0 Å². The van der Waals surface area contributed by atoms with Gasteiger partial charge in [0.1, 0.15) is 0 Å². The lowest BCUT2D eigenvalue weighted by Gasteiger charge is -2.05. The van der Waals surface area contributed by atoms with Crippen LogP contribution in [0.4, 0.5) is 0 Å². The molecule has 3 radical (unpaired) electrons. The van der Waals surface area contributed by atoms with E-state index >= 15 is 0 Å². The molecule has 0 atom stereocenters. The SMILES string of the molecule is C.C1CCCC1.C1CCCCC1.CC.CC.CC.CC.CC(C)C.CC(C)C.[2HH].[2HH].[B]. The van der Waals surface area contributed by atoms with E-state index in [1.54, 1.807) is 0 Å². The molecule has 2 aliphatic carbocycles. The molecule has 2 aliphatic rings. The van der Waals surface area contributed by atoms with Crippen LogP contribution in [0, 0.1) is 11.8 Å². The molecular weight excluding hydrogens is 347 g/mol. The van der Waals surface area contributed by atoms with Gasteiger partial charge < -0.3 is 0 Å². The van der Waals surface area contributed by atoms with Crippen molar-refractivity contribution in [3.8, 4) is 0 Å². The minimum Gasteiger partial charge on any atom is -0.0776 e. The predicted octanol–water partition coefficient (Wildman–Crippen LogP) is 12.5. The van der Waals surface area contributed by atoms with Gasteiger partial charge >= 0.3 is 0 Å². The van der Waals surface area contributed by atoms with Gasteiger partial charge in [0.15, 0.2) is 0 Å². The van der Waals surface area contributed by atoms with E-state index in [2.05, 4.69) is 41.5 Å². The Balaban J connectivity index is -0.0000000208. The van der Waals surface area contributed by atoms with Crippen molar-refractivity contribution >= 4 is 8.41 Å². The molecular formula is C28H74B. The van der Waals surface area contributed by atoms with Crippen LogP contribution in [0.15, 0.2) is 0 Å². The van der Waals surface area contributed by atoms with Crippen molar-refractivity contribution in [1.82, 2.24) is 0 Å². The monoisotopic (exact) mass is 424 g/mol. The Bertz CT molecular complexity index is 113. The van der Waals surface area contributed by atoms with Crippen LogP contribution in [0.3, 0.4) is 0 Å². The maximum Gasteiger partial charge on any atom is 0 e. The van der Waals surface area contributed by atoms with Crippen LogP contribution in [0.2, 0.25) is 0 Å². The molecule has 0 spiro atoms. The number of rotatable bonds is 0. The van der Waals surface area contributed by atoms with E-state index in [0.29, 0.717) is 0 Å². The molecule has 0 bridgehead atoms. The summed E-state index contributed by atoms with van der Waals surface area (Å²) in [5.74, 6) is 1.67. The van der Waals surface area contributed by atoms with Gasteiger partial charge in [-0.05, 0) is 11.8 Å². The summed E-state index contributed by atoms with van der Waals surface area (Å²) in [4.78, 5) is 0. The van der Waals surface area contributed by atoms with Crippen LogP contribution in [0.5, 0.6) is 0 Å². The van der Waals surface area contributed by atoms with E-state index in [1.807, 2.05) is 55.4 Å². The Hall–Kier alpha value is 0.0649. The molecule has 0 unspecified atom stereocenters. The second-order valence-electron chi connectivity index (χ2n) is 7.35. The maximum absolute atomic E-state index is 2.17. The van der Waals surface area contributed by atoms with Crippen LogP contribution in [-0.4, -0.2) is 8.41 Å². The van der Waals surface area contributed by atoms with Crippen molar-refractivity contribution in [1.29, 1.82) is 0 Å². The zero-order valence-electron chi connectivity index (χ0n) is 23.5. The minimum absolute atomic E-state index is 0. The Morgan fingerprint density at radius 2 is 0.379 bits per heavy atom. The second kappa shape index (κ2) is 70.6. The molecule has 0 nitrogen and oxygen atoms in total. The standard InChI is InChI=1S/C6H12.C5H10.2C4H10.4C2H6.CH4.B.2H2/c1-2-4-6-5-3-1;1-2-4-5-3-1;2*1-4(2)3;4*1-2;;;;/h1-6H2;1-5H2;2*4H,1-3H3;4*1-2H3;1H4;;2*1H/i;;;;;;;;;;2*1+1. The molecule has 0 saturated heterocycles. The highest BCUT2D eigenvalue weighted by molar-refractivity contribution is 5.75. The summed E-state index contributed by atoms with van der Waals surface area (Å²) in [6.07, 6.45) is 16.5. The molecule has 29 heavy (non-hydrogen) atoms. The topological polar surface area (TPSA) is 0 Å². The van der Waals surface area contributed by atoms with E-state index in [9.17, 15) is 0 Å². The highest BCUT2D eigenvalue weighted by atomic mass is 14.0. The highest BCUT2D eigenvalue weighted by Crippen LogP contribution is 2.15. The molecule has 2 fully saturated rings. The molecule has 0 N–H and O–H groups in total. The molecule has 0 aromatic rings. The number of hydrogen-bond acceptors (Lipinski definition) is 0. The molecule has 0 heterocycles. The van der Waals surface area contributed by atoms with Gasteiger partial charge in [-0.25, -0.2) is 0 Å². The minimum atomic E-state index is 0. The third kappa shape index (κ3) is 156. The first-order chi connectivity index (χ1) is 13.0. The quantitative estimate of drug-likeness (QED) is 0.340. The Morgan fingerprint density at radius 3 is 0.414 bits per heavy atom. The Kier molecular flexibility index (Phi) is 126. The van der Waals surface area contributed by atoms with Crippen molar-refractivity contribution in [2.75, 3.05) is 0 Å². The molecule has 0 aromatic carbocycles. The number of hydrogen-bond donors (Lipinski definition) is 0. The molecule has 189 valence electrons. The van der Waals surface area contributed by atoms with Gasteiger partial charge in [0.05, 0.1) is 0 Å². The third-order valence-corrected chi connectivity index (χ3v) is 2.75. The summed E-state index contributed by atoms with van der Waals surface area (Å²) in [6.45, 7) is 29.0. The van der Waals surface area contributed by atoms with Crippen molar-refractivity contribution in [2.45, 2.75) is 175 Å². The summed E-state index contributed by atoms with van der Waals surface area (Å²) in [6, 6.07) is 0. The predicted molar refractivity (Wildman–Crippen MR) is 154 cm³/mol. The molecule has 0 aromatic heterocycles. The first kappa shape index (κ1) is 51.6. The normalized spacial score (nSPS) is 12.4. The fourth-order valence-electron chi connectivity index (χ4n) is 1.94. The average molecular weight is 424 g/mol. The lowest BCUT2D eigenvalue weighted by Crippen LogP contribution is -1.85. The smallest absolute Gasteiger partial charge is 0 e. The highest BCUT2D eigenvalue weighted by Gasteiger charge is 1.96. The van der Waals surface area contributed by atoms with E-state index in [-0.39, 0.29) is 18.7 Å². The fourth-order valence-corrected chi connectivity index (χ4v) is 1.94. The lowest BCUT2D eigenvalue weighted by molar-refractivity contribution is 0.504. The van der Waals surface area contributed by atoms with E-state index in [0.717, 1.165) is 11.8 Å². The average Bonchev–Trinajstić information content (AvgIpc) is 3.29. The van der Waals surface area contributed by atoms with Crippen LogP contribution < -0.4 is 0 Å². The van der Waals surface area contributed by atoms with Gasteiger partial charge in [0.2, 0.25) is 0 Å². The van der Waals surface area contributed by atoms with Crippen molar-refractivity contribution < 1.29 is 2.85 Å². The van der Waals surface area contributed by atoms with E-state index in [1.165, 1.54) is 70.6 Å². The van der Waals surface area contributed by atoms with Gasteiger partial charge in [-0.1, -0.05) is 175 Å². The van der Waals surface area contributed by atoms with Crippen LogP contribution in [0.25, 0.3) is 0 Å². The molecule has 0 aliphatic heterocycles. The van der Waals surface area contributed by atoms with Gasteiger partial charge in [-0.3, -0.25) is 0 Å². The first-order valence-electron chi connectivity index (χ1n) is 13.0. The van der Waals surface area contributed by atoms with Crippen LogP contribution >= 0.6 is 0 Å². The molecule has 1 heteroatoms. The molecule has 2 rings (SSSR count). The summed E-state index contributed by atoms with van der Waals surface area (Å²) < 4.78 is 0. The summed E-state index contributed by atoms with van der Waals surface area (Å²) >= 11 is 0. The van der Waals surface area contributed by atoms with Crippen molar-refractivity contribution in [3.63, 3.8) is 0 Å². The summed E-state index contributed by atoms with van der Waals surface area (Å²) in [5.41, 5.74) is 0. The van der Waals surface area contributed by atoms with Gasteiger partial charge in [0, 0.05) is 11.3 Å². The fraction of sp³-hybridized carbons (Fsp3) is 1.00. The van der Waals surface area contributed by atoms with Crippen molar-refractivity contribution in [3.05, 3.63) is 0 Å². The summed E-state index contributed by atoms with van der Waals surface area (Å²) in [5, 5.41) is 0. The summed E-state index contributed by atoms with van der Waals surface area (Å²) in [7, 11) is 0. The van der Waals surface area contributed by atoms with Crippen molar-refractivity contribution in [2.24, 2.45) is 11.8 Å². The lowest BCUT2D eigenvalue weighted by atomic mass is 10.0. The first-order valence-corrected chi connectivity index (χ1v) is 13.0. The van der Waals surface area contributed by atoms with Crippen LogP contribution in [0.1, 0.15) is 178 Å². The van der Waals surface area contributed by atoms with Gasteiger partial charge in [-0.2, -0.15) is 0 Å². The van der Waals surface area contributed by atoms with E-state index in [4.69, 9.17) is 0 Å². The molecule has 2 saturated carbocycles. The van der Waals surface area contributed by atoms with Gasteiger partial charge in [-0.15, -0.1) is 0 Å². The maximum atomic E-state index is 2.17. The Morgan fingerprint density at radius 1 is 0.345 bits per heavy atom. The Labute approximate surface area is 198 Å². The largest absolute Gasteiger partial charge is 0.0776 e. The third-order valence-electron chi connectivity index (χ3n) is 2.75. The van der Waals surface area contributed by atoms with E-state index < -0.39 is 0 Å². The van der Waals surface area contributed by atoms with Crippen LogP contribution in [-0.2, 0) is 0 Å². The molecule has 0 amide bonds. The zero-order valence-corrected chi connectivity index (χ0v) is 23.5. The second-order valence-corrected chi connectivity index (χ2v) is 7.35. The zero-order chi connectivity index (χ0) is 22.9.